The molecule has 1 aromatic carbocycles. The molecule has 1 amide bonds. The first-order valence-electron chi connectivity index (χ1n) is 9.69. The van der Waals surface area contributed by atoms with Gasteiger partial charge in [-0.1, -0.05) is 25.5 Å². The van der Waals surface area contributed by atoms with Crippen molar-refractivity contribution in [2.24, 2.45) is 0 Å². The molecule has 0 aliphatic rings. The van der Waals surface area contributed by atoms with E-state index >= 15 is 0 Å². The maximum atomic E-state index is 12.9. The van der Waals surface area contributed by atoms with E-state index in [9.17, 15) is 14.4 Å². The fourth-order valence-corrected chi connectivity index (χ4v) is 4.13. The van der Waals surface area contributed by atoms with Gasteiger partial charge in [0, 0.05) is 18.7 Å². The van der Waals surface area contributed by atoms with E-state index < -0.39 is 5.69 Å². The van der Waals surface area contributed by atoms with Crippen LogP contribution in [0.1, 0.15) is 25.3 Å². The highest BCUT2D eigenvalue weighted by atomic mass is 32.1. The Morgan fingerprint density at radius 2 is 1.93 bits per heavy atom. The Hall–Kier alpha value is -3.07. The van der Waals surface area contributed by atoms with Crippen molar-refractivity contribution < 1.29 is 14.3 Å². The highest BCUT2D eigenvalue weighted by molar-refractivity contribution is 7.17. The lowest BCUT2D eigenvalue weighted by molar-refractivity contribution is -0.121. The average molecular weight is 432 g/mol. The third kappa shape index (κ3) is 4.25. The lowest BCUT2D eigenvalue weighted by Gasteiger charge is -2.14. The normalized spacial score (nSPS) is 10.9. The van der Waals surface area contributed by atoms with Crippen molar-refractivity contribution in [1.82, 2.24) is 14.5 Å². The number of rotatable bonds is 9. The van der Waals surface area contributed by atoms with Crippen LogP contribution in [0.2, 0.25) is 0 Å². The van der Waals surface area contributed by atoms with E-state index in [-0.39, 0.29) is 24.6 Å². The van der Waals surface area contributed by atoms with Crippen LogP contribution < -0.4 is 26.0 Å². The number of nitrogens with one attached hydrogen (secondary N) is 1. The van der Waals surface area contributed by atoms with Crippen LogP contribution in [0.15, 0.2) is 39.2 Å². The van der Waals surface area contributed by atoms with Gasteiger partial charge in [0.05, 0.1) is 19.7 Å². The van der Waals surface area contributed by atoms with Crippen molar-refractivity contribution in [2.45, 2.75) is 39.4 Å². The van der Waals surface area contributed by atoms with E-state index in [0.717, 1.165) is 12.0 Å². The molecule has 0 aliphatic carbocycles. The number of carbonyl (C=O) groups is 1. The zero-order valence-corrected chi connectivity index (χ0v) is 18.1. The van der Waals surface area contributed by atoms with Crippen molar-refractivity contribution in [1.29, 1.82) is 0 Å². The number of thiophene rings is 1. The third-order valence-corrected chi connectivity index (χ3v) is 5.73. The van der Waals surface area contributed by atoms with Gasteiger partial charge in [-0.05, 0) is 23.9 Å². The second-order valence-corrected chi connectivity index (χ2v) is 7.66. The third-order valence-electron chi connectivity index (χ3n) is 4.83. The Morgan fingerprint density at radius 3 is 2.63 bits per heavy atom. The molecule has 9 heteroatoms. The number of carbonyl (C=O) groups excluding carboxylic acids is 1. The molecule has 0 bridgehead atoms. The number of ether oxygens (including phenoxy) is 2. The summed E-state index contributed by atoms with van der Waals surface area (Å²) < 4.78 is 13.7. The Morgan fingerprint density at radius 1 is 1.13 bits per heavy atom. The van der Waals surface area contributed by atoms with Gasteiger partial charge in [0.1, 0.15) is 11.2 Å². The fraction of sp³-hybridized carbons (Fsp3) is 0.381. The van der Waals surface area contributed by atoms with Crippen molar-refractivity contribution in [3.8, 4) is 11.5 Å². The molecule has 3 rings (SSSR count). The minimum Gasteiger partial charge on any atom is -0.493 e. The van der Waals surface area contributed by atoms with Crippen LogP contribution in [-0.4, -0.2) is 29.3 Å². The Balaban J connectivity index is 1.85. The first-order chi connectivity index (χ1) is 14.5. The van der Waals surface area contributed by atoms with E-state index in [1.807, 2.05) is 19.1 Å². The van der Waals surface area contributed by atoms with E-state index in [1.165, 1.54) is 27.6 Å². The van der Waals surface area contributed by atoms with Gasteiger partial charge in [-0.2, -0.15) is 0 Å². The summed E-state index contributed by atoms with van der Waals surface area (Å²) in [5.41, 5.74) is 0.479. The molecule has 3 aromatic rings. The van der Waals surface area contributed by atoms with E-state index in [4.69, 9.17) is 9.47 Å². The summed E-state index contributed by atoms with van der Waals surface area (Å²) in [7, 11) is 3.09. The van der Waals surface area contributed by atoms with Crippen LogP contribution in [0.5, 0.6) is 11.5 Å². The SMILES string of the molecule is CCCCn1c(=O)c2sccc2n(CC(=O)NCc2cccc(OC)c2OC)c1=O. The number of amides is 1. The molecule has 160 valence electrons. The summed E-state index contributed by atoms with van der Waals surface area (Å²) in [4.78, 5) is 38.2. The van der Waals surface area contributed by atoms with Gasteiger partial charge in [0.2, 0.25) is 5.91 Å². The van der Waals surface area contributed by atoms with Crippen molar-refractivity contribution in [3.63, 3.8) is 0 Å². The number of unbranched alkanes of at least 4 members (excludes halogenated alkanes) is 1. The van der Waals surface area contributed by atoms with E-state index in [1.54, 1.807) is 24.6 Å². The van der Waals surface area contributed by atoms with Crippen molar-refractivity contribution >= 4 is 27.5 Å². The number of para-hydroxylation sites is 1. The van der Waals surface area contributed by atoms with Gasteiger partial charge >= 0.3 is 5.69 Å². The monoisotopic (exact) mass is 431 g/mol. The van der Waals surface area contributed by atoms with Crippen LogP contribution in [0.4, 0.5) is 0 Å². The number of benzene rings is 1. The summed E-state index contributed by atoms with van der Waals surface area (Å²) in [6, 6.07) is 7.11. The molecule has 0 spiro atoms. The zero-order valence-electron chi connectivity index (χ0n) is 17.3. The minimum atomic E-state index is -0.464. The molecule has 0 radical (unpaired) electrons. The second kappa shape index (κ2) is 9.62. The standard InChI is InChI=1S/C21H25N3O5S/c1-4-5-10-23-20(26)19-15(9-11-30-19)24(21(23)27)13-17(25)22-12-14-7-6-8-16(28-2)18(14)29-3/h6-9,11H,4-5,10,12-13H2,1-3H3,(H,22,25). The number of fused-ring (bicyclic) bond motifs is 1. The molecular formula is C21H25N3O5S. The average Bonchev–Trinajstić information content (AvgIpc) is 3.24. The number of nitrogens with zero attached hydrogens (tertiary/aromatic N) is 2. The first kappa shape index (κ1) is 21.6. The molecule has 0 atom stereocenters. The Kier molecular flexibility index (Phi) is 6.94. The predicted molar refractivity (Wildman–Crippen MR) is 117 cm³/mol. The Labute approximate surface area is 177 Å². The van der Waals surface area contributed by atoms with Crippen molar-refractivity contribution in [2.75, 3.05) is 14.2 Å². The lowest BCUT2D eigenvalue weighted by Crippen LogP contribution is -2.42. The highest BCUT2D eigenvalue weighted by Crippen LogP contribution is 2.30. The topological polar surface area (TPSA) is 91.6 Å². The van der Waals surface area contributed by atoms with Crippen LogP contribution in [0.3, 0.4) is 0 Å². The smallest absolute Gasteiger partial charge is 0.332 e. The largest absolute Gasteiger partial charge is 0.493 e. The predicted octanol–water partition coefficient (Wildman–Crippen LogP) is 2.36. The van der Waals surface area contributed by atoms with Crippen LogP contribution >= 0.6 is 11.3 Å². The van der Waals surface area contributed by atoms with Gasteiger partial charge in [0.25, 0.3) is 5.56 Å². The van der Waals surface area contributed by atoms with Crippen molar-refractivity contribution in [3.05, 3.63) is 56.0 Å². The second-order valence-electron chi connectivity index (χ2n) is 6.74. The molecule has 0 fully saturated rings. The molecule has 2 heterocycles. The summed E-state index contributed by atoms with van der Waals surface area (Å²) in [6.07, 6.45) is 1.57. The first-order valence-corrected chi connectivity index (χ1v) is 10.6. The fourth-order valence-electron chi connectivity index (χ4n) is 3.29. The highest BCUT2D eigenvalue weighted by Gasteiger charge is 2.17. The molecule has 1 N–H and O–H groups in total. The van der Waals surface area contributed by atoms with Gasteiger partial charge < -0.3 is 14.8 Å². The van der Waals surface area contributed by atoms with E-state index in [2.05, 4.69) is 5.32 Å². The maximum absolute atomic E-state index is 12.9. The minimum absolute atomic E-state index is 0.176. The van der Waals surface area contributed by atoms with Crippen LogP contribution in [-0.2, 0) is 24.4 Å². The van der Waals surface area contributed by atoms with Gasteiger partial charge in [0.15, 0.2) is 11.5 Å². The molecule has 0 saturated carbocycles. The van der Waals surface area contributed by atoms with Crippen LogP contribution in [0.25, 0.3) is 10.2 Å². The molecule has 2 aromatic heterocycles. The molecule has 0 saturated heterocycles. The molecule has 0 unspecified atom stereocenters. The number of methoxy groups -OCH3 is 2. The quantitative estimate of drug-likeness (QED) is 0.562. The molecular weight excluding hydrogens is 406 g/mol. The zero-order chi connectivity index (χ0) is 21.7. The Bertz CT molecular complexity index is 1160. The number of hydrogen-bond acceptors (Lipinski definition) is 6. The molecule has 30 heavy (non-hydrogen) atoms. The molecule has 8 nitrogen and oxygen atoms in total. The maximum Gasteiger partial charge on any atom is 0.332 e. The van der Waals surface area contributed by atoms with Gasteiger partial charge in [-0.15, -0.1) is 11.3 Å². The summed E-state index contributed by atoms with van der Waals surface area (Å²) in [6.45, 7) is 2.37. The summed E-state index contributed by atoms with van der Waals surface area (Å²) >= 11 is 1.28. The number of hydrogen-bond donors (Lipinski definition) is 1. The van der Waals surface area contributed by atoms with Gasteiger partial charge in [-0.3, -0.25) is 18.7 Å². The van der Waals surface area contributed by atoms with E-state index in [0.29, 0.717) is 34.7 Å². The summed E-state index contributed by atoms with van der Waals surface area (Å²) in [5, 5.41) is 4.57. The van der Waals surface area contributed by atoms with Crippen LogP contribution in [0, 0.1) is 0 Å². The van der Waals surface area contributed by atoms with Gasteiger partial charge in [-0.25, -0.2) is 4.79 Å². The summed E-state index contributed by atoms with van der Waals surface area (Å²) in [5.74, 6) is 0.782. The lowest BCUT2D eigenvalue weighted by atomic mass is 10.2. The number of aromatic nitrogens is 2. The molecule has 0 aliphatic heterocycles.